The molecule has 19 heavy (non-hydrogen) atoms. The maximum absolute atomic E-state index is 12.0. The smallest absolute Gasteiger partial charge is 0.410 e. The van der Waals surface area contributed by atoms with Crippen LogP contribution in [0, 0.1) is 0 Å². The largest absolute Gasteiger partial charge is 0.444 e. The Morgan fingerprint density at radius 3 is 2.26 bits per heavy atom. The number of rotatable bonds is 9. The third kappa shape index (κ3) is 10.7. The normalized spacial score (nSPS) is 11.4. The van der Waals surface area contributed by atoms with Crippen molar-refractivity contribution in [2.24, 2.45) is 11.5 Å². The summed E-state index contributed by atoms with van der Waals surface area (Å²) in [5.41, 5.74) is 10.4. The lowest BCUT2D eigenvalue weighted by molar-refractivity contribution is 0.0251. The number of amides is 1. The van der Waals surface area contributed by atoms with E-state index in [9.17, 15) is 4.79 Å². The van der Waals surface area contributed by atoms with Crippen molar-refractivity contribution >= 4 is 6.09 Å². The maximum Gasteiger partial charge on any atom is 0.410 e. The van der Waals surface area contributed by atoms with Crippen LogP contribution in [0.1, 0.15) is 33.6 Å². The Labute approximate surface area is 116 Å². The first kappa shape index (κ1) is 18.1. The topological polar surface area (TPSA) is 93.6 Å². The van der Waals surface area contributed by atoms with Crippen LogP contribution >= 0.6 is 0 Å². The number of hydrogen-bond donors (Lipinski definition) is 3. The van der Waals surface area contributed by atoms with E-state index in [4.69, 9.17) is 16.2 Å². The Morgan fingerprint density at radius 2 is 1.74 bits per heavy atom. The lowest BCUT2D eigenvalue weighted by Crippen LogP contribution is -2.41. The van der Waals surface area contributed by atoms with Gasteiger partial charge in [0.15, 0.2) is 0 Å². The average molecular weight is 274 g/mol. The lowest BCUT2D eigenvalue weighted by Gasteiger charge is -2.27. The van der Waals surface area contributed by atoms with Crippen LogP contribution in [-0.2, 0) is 4.74 Å². The van der Waals surface area contributed by atoms with E-state index in [1.807, 2.05) is 20.8 Å². The molecule has 0 radical (unpaired) electrons. The number of ether oxygens (including phenoxy) is 1. The zero-order valence-corrected chi connectivity index (χ0v) is 12.6. The molecule has 0 rings (SSSR count). The van der Waals surface area contributed by atoms with E-state index in [-0.39, 0.29) is 6.09 Å². The predicted molar refractivity (Wildman–Crippen MR) is 78.0 cm³/mol. The highest BCUT2D eigenvalue weighted by Gasteiger charge is 2.21. The van der Waals surface area contributed by atoms with Gasteiger partial charge in [-0.2, -0.15) is 0 Å². The van der Waals surface area contributed by atoms with Gasteiger partial charge in [-0.05, 0) is 53.2 Å². The average Bonchev–Trinajstić information content (AvgIpc) is 2.30. The summed E-state index contributed by atoms with van der Waals surface area (Å²) < 4.78 is 5.37. The molecule has 0 aromatic rings. The van der Waals surface area contributed by atoms with Crippen LogP contribution in [-0.4, -0.2) is 55.9 Å². The van der Waals surface area contributed by atoms with Crippen molar-refractivity contribution < 1.29 is 9.53 Å². The molecule has 0 aromatic heterocycles. The Hall–Kier alpha value is -0.850. The molecule has 6 nitrogen and oxygen atoms in total. The summed E-state index contributed by atoms with van der Waals surface area (Å²) in [6.07, 6.45) is 1.44. The van der Waals surface area contributed by atoms with Crippen LogP contribution in [0.3, 0.4) is 0 Å². The van der Waals surface area contributed by atoms with Gasteiger partial charge < -0.3 is 26.4 Å². The second-order valence-corrected chi connectivity index (χ2v) is 5.50. The minimum absolute atomic E-state index is 0.276. The molecule has 0 fully saturated rings. The number of hydrogen-bond acceptors (Lipinski definition) is 5. The lowest BCUT2D eigenvalue weighted by atomic mass is 10.2. The van der Waals surface area contributed by atoms with Crippen LogP contribution in [0.4, 0.5) is 4.79 Å². The van der Waals surface area contributed by atoms with Crippen LogP contribution in [0.2, 0.25) is 0 Å². The Bertz CT molecular complexity index is 241. The van der Waals surface area contributed by atoms with Crippen LogP contribution in [0.25, 0.3) is 0 Å². The van der Waals surface area contributed by atoms with Crippen LogP contribution < -0.4 is 16.8 Å². The van der Waals surface area contributed by atoms with Crippen molar-refractivity contribution in [2.45, 2.75) is 39.2 Å². The second kappa shape index (κ2) is 10.00. The third-order valence-corrected chi connectivity index (χ3v) is 2.40. The molecule has 5 N–H and O–H groups in total. The van der Waals surface area contributed by atoms with Crippen molar-refractivity contribution in [2.75, 3.05) is 39.3 Å². The predicted octanol–water partition coefficient (Wildman–Crippen LogP) is 0.511. The first-order valence-corrected chi connectivity index (χ1v) is 6.99. The van der Waals surface area contributed by atoms with Crippen molar-refractivity contribution in [3.63, 3.8) is 0 Å². The standard InChI is InChI=1S/C13H30N4O2/c1-13(2,3)19-12(18)17(10-5-7-15)11-9-16-8-4-6-14/h16H,4-11,14-15H2,1-3H3. The zero-order chi connectivity index (χ0) is 14.7. The molecule has 0 bridgehead atoms. The number of nitrogens with zero attached hydrogens (tertiary/aromatic N) is 1. The minimum Gasteiger partial charge on any atom is -0.444 e. The summed E-state index contributed by atoms with van der Waals surface area (Å²) in [6, 6.07) is 0. The Morgan fingerprint density at radius 1 is 1.11 bits per heavy atom. The second-order valence-electron chi connectivity index (χ2n) is 5.50. The highest BCUT2D eigenvalue weighted by molar-refractivity contribution is 5.68. The molecule has 0 saturated heterocycles. The highest BCUT2D eigenvalue weighted by Crippen LogP contribution is 2.09. The first-order chi connectivity index (χ1) is 8.90. The number of carbonyl (C=O) groups is 1. The summed E-state index contributed by atoms with van der Waals surface area (Å²) in [5, 5.41) is 3.25. The van der Waals surface area contributed by atoms with Gasteiger partial charge in [0.2, 0.25) is 0 Å². The van der Waals surface area contributed by atoms with Gasteiger partial charge in [0.1, 0.15) is 5.60 Å². The molecular formula is C13H30N4O2. The van der Waals surface area contributed by atoms with Gasteiger partial charge in [0.25, 0.3) is 0 Å². The first-order valence-electron chi connectivity index (χ1n) is 6.99. The third-order valence-electron chi connectivity index (χ3n) is 2.40. The monoisotopic (exact) mass is 274 g/mol. The molecule has 0 spiro atoms. The van der Waals surface area contributed by atoms with Crippen molar-refractivity contribution in [1.82, 2.24) is 10.2 Å². The van der Waals surface area contributed by atoms with Gasteiger partial charge in [-0.15, -0.1) is 0 Å². The summed E-state index contributed by atoms with van der Waals surface area (Å²) in [5.74, 6) is 0. The molecule has 1 amide bonds. The fourth-order valence-electron chi connectivity index (χ4n) is 1.47. The maximum atomic E-state index is 12.0. The molecule has 0 saturated carbocycles. The summed E-state index contributed by atoms with van der Waals surface area (Å²) >= 11 is 0. The minimum atomic E-state index is -0.467. The molecular weight excluding hydrogens is 244 g/mol. The Balaban J connectivity index is 4.10. The van der Waals surface area contributed by atoms with Gasteiger partial charge in [0.05, 0.1) is 0 Å². The molecule has 0 aliphatic carbocycles. The molecule has 0 atom stereocenters. The van der Waals surface area contributed by atoms with Crippen LogP contribution in [0.15, 0.2) is 0 Å². The summed E-state index contributed by atoms with van der Waals surface area (Å²) in [7, 11) is 0. The van der Waals surface area contributed by atoms with Gasteiger partial charge in [-0.25, -0.2) is 4.79 Å². The van der Waals surface area contributed by atoms with E-state index in [1.165, 1.54) is 0 Å². The summed E-state index contributed by atoms with van der Waals surface area (Å²) in [4.78, 5) is 13.7. The van der Waals surface area contributed by atoms with E-state index in [2.05, 4.69) is 5.32 Å². The number of nitrogens with two attached hydrogens (primary N) is 2. The number of nitrogens with one attached hydrogen (secondary N) is 1. The molecule has 114 valence electrons. The quantitative estimate of drug-likeness (QED) is 0.533. The van der Waals surface area contributed by atoms with Crippen molar-refractivity contribution in [1.29, 1.82) is 0 Å². The molecule has 0 heterocycles. The summed E-state index contributed by atoms with van der Waals surface area (Å²) in [6.45, 7) is 9.71. The van der Waals surface area contributed by atoms with Gasteiger partial charge in [0, 0.05) is 19.6 Å². The highest BCUT2D eigenvalue weighted by atomic mass is 16.6. The fraction of sp³-hybridized carbons (Fsp3) is 0.923. The molecule has 0 aromatic carbocycles. The molecule has 0 aliphatic heterocycles. The van der Waals surface area contributed by atoms with E-state index < -0.39 is 5.60 Å². The van der Waals surface area contributed by atoms with E-state index in [1.54, 1.807) is 4.90 Å². The van der Waals surface area contributed by atoms with E-state index in [0.717, 1.165) is 25.9 Å². The molecule has 6 heteroatoms. The van der Waals surface area contributed by atoms with Crippen molar-refractivity contribution in [3.8, 4) is 0 Å². The SMILES string of the molecule is CC(C)(C)OC(=O)N(CCCN)CCNCCCN. The van der Waals surface area contributed by atoms with Gasteiger partial charge >= 0.3 is 6.09 Å². The fourth-order valence-corrected chi connectivity index (χ4v) is 1.47. The number of carbonyl (C=O) groups excluding carboxylic acids is 1. The zero-order valence-electron chi connectivity index (χ0n) is 12.6. The Kier molecular flexibility index (Phi) is 9.55. The van der Waals surface area contributed by atoms with E-state index in [0.29, 0.717) is 26.2 Å². The van der Waals surface area contributed by atoms with Crippen LogP contribution in [0.5, 0.6) is 0 Å². The van der Waals surface area contributed by atoms with E-state index >= 15 is 0 Å². The van der Waals surface area contributed by atoms with Gasteiger partial charge in [-0.1, -0.05) is 0 Å². The van der Waals surface area contributed by atoms with Gasteiger partial charge in [-0.3, -0.25) is 0 Å². The molecule has 0 aliphatic rings. The molecule has 0 unspecified atom stereocenters. The van der Waals surface area contributed by atoms with Crippen molar-refractivity contribution in [3.05, 3.63) is 0 Å².